The van der Waals surface area contributed by atoms with Gasteiger partial charge in [0.15, 0.2) is 0 Å². The van der Waals surface area contributed by atoms with E-state index in [0.29, 0.717) is 34.1 Å². The summed E-state index contributed by atoms with van der Waals surface area (Å²) in [6, 6.07) is 3.43. The van der Waals surface area contributed by atoms with Gasteiger partial charge in [0, 0.05) is 19.2 Å². The average molecular weight is 361 g/mol. The van der Waals surface area contributed by atoms with Gasteiger partial charge >= 0.3 is 0 Å². The first kappa shape index (κ1) is 15.3. The van der Waals surface area contributed by atoms with Crippen molar-refractivity contribution in [1.29, 1.82) is 0 Å². The van der Waals surface area contributed by atoms with Crippen LogP contribution in [0.25, 0.3) is 5.65 Å². The zero-order valence-electron chi connectivity index (χ0n) is 12.8. The van der Waals surface area contributed by atoms with Crippen molar-refractivity contribution in [3.05, 3.63) is 61.0 Å². The molecule has 0 aromatic carbocycles. The van der Waals surface area contributed by atoms with E-state index >= 15 is 0 Å². The molecule has 0 saturated heterocycles. The smallest absolute Gasteiger partial charge is 0.266 e. The van der Waals surface area contributed by atoms with Crippen molar-refractivity contribution in [2.75, 3.05) is 6.54 Å². The number of thiazole rings is 1. The molecule has 0 bridgehead atoms. The van der Waals surface area contributed by atoms with Gasteiger partial charge < -0.3 is 4.90 Å². The highest BCUT2D eigenvalue weighted by Gasteiger charge is 2.27. The third kappa shape index (κ3) is 2.40. The van der Waals surface area contributed by atoms with Gasteiger partial charge in [-0.3, -0.25) is 14.0 Å². The van der Waals surface area contributed by atoms with Gasteiger partial charge in [-0.1, -0.05) is 11.6 Å². The number of fused-ring (bicyclic) bond motifs is 2. The van der Waals surface area contributed by atoms with E-state index in [2.05, 4.69) is 9.97 Å². The minimum atomic E-state index is -0.170. The standard InChI is InChI=1S/C16H13ClN4O2S/c1-9-14(24-8-18-9)16(23)20-5-4-12-11(7-20)15(22)21-6-10(17)2-3-13(21)19-12/h2-3,6,8H,4-5,7H2,1H3. The predicted octanol–water partition coefficient (Wildman–Crippen LogP) is 2.31. The number of amides is 1. The second-order valence-corrected chi connectivity index (χ2v) is 6.95. The van der Waals surface area contributed by atoms with E-state index < -0.39 is 0 Å². The van der Waals surface area contributed by atoms with E-state index in [0.717, 1.165) is 11.4 Å². The third-order valence-electron chi connectivity index (χ3n) is 4.16. The fourth-order valence-electron chi connectivity index (χ4n) is 2.90. The molecule has 1 aliphatic rings. The lowest BCUT2D eigenvalue weighted by Gasteiger charge is -2.27. The molecular weight excluding hydrogens is 348 g/mol. The highest BCUT2D eigenvalue weighted by molar-refractivity contribution is 7.11. The zero-order chi connectivity index (χ0) is 16.8. The lowest BCUT2D eigenvalue weighted by atomic mass is 10.1. The molecule has 0 spiro atoms. The van der Waals surface area contributed by atoms with Crippen LogP contribution in [0.4, 0.5) is 0 Å². The second-order valence-electron chi connectivity index (χ2n) is 5.66. The molecule has 0 fully saturated rings. The molecule has 0 aliphatic carbocycles. The maximum Gasteiger partial charge on any atom is 0.266 e. The van der Waals surface area contributed by atoms with E-state index in [-0.39, 0.29) is 18.0 Å². The first-order chi connectivity index (χ1) is 11.5. The lowest BCUT2D eigenvalue weighted by Crippen LogP contribution is -2.40. The van der Waals surface area contributed by atoms with Crippen LogP contribution >= 0.6 is 22.9 Å². The SMILES string of the molecule is Cc1ncsc1C(=O)N1CCc2nc3ccc(Cl)cn3c(=O)c2C1. The first-order valence-corrected chi connectivity index (χ1v) is 8.69. The van der Waals surface area contributed by atoms with Crippen LogP contribution in [-0.4, -0.2) is 31.7 Å². The summed E-state index contributed by atoms with van der Waals surface area (Å²) in [4.78, 5) is 36.4. The maximum absolute atomic E-state index is 12.8. The highest BCUT2D eigenvalue weighted by atomic mass is 35.5. The van der Waals surface area contributed by atoms with E-state index in [1.54, 1.807) is 28.7 Å². The van der Waals surface area contributed by atoms with Gasteiger partial charge in [-0.25, -0.2) is 9.97 Å². The Morgan fingerprint density at radius 3 is 2.96 bits per heavy atom. The Balaban J connectivity index is 1.76. The van der Waals surface area contributed by atoms with Crippen LogP contribution in [0.3, 0.4) is 0 Å². The van der Waals surface area contributed by atoms with Gasteiger partial charge in [0.25, 0.3) is 11.5 Å². The second kappa shape index (κ2) is 5.68. The number of halogens is 1. The fraction of sp³-hybridized carbons (Fsp3) is 0.250. The number of aromatic nitrogens is 3. The Hall–Kier alpha value is -2.25. The Bertz CT molecular complexity index is 1030. The average Bonchev–Trinajstić information content (AvgIpc) is 3.01. The van der Waals surface area contributed by atoms with Gasteiger partial charge in [-0.2, -0.15) is 0 Å². The Kier molecular flexibility index (Phi) is 3.62. The summed E-state index contributed by atoms with van der Waals surface area (Å²) in [5.74, 6) is -0.0868. The van der Waals surface area contributed by atoms with Crippen LogP contribution in [-0.2, 0) is 13.0 Å². The summed E-state index contributed by atoms with van der Waals surface area (Å²) < 4.78 is 1.44. The first-order valence-electron chi connectivity index (χ1n) is 7.43. The van der Waals surface area contributed by atoms with Crippen molar-refractivity contribution >= 4 is 34.5 Å². The van der Waals surface area contributed by atoms with Crippen molar-refractivity contribution < 1.29 is 4.79 Å². The number of aryl methyl sites for hydroxylation is 1. The molecule has 0 saturated carbocycles. The van der Waals surface area contributed by atoms with Crippen LogP contribution in [0.2, 0.25) is 5.02 Å². The molecule has 24 heavy (non-hydrogen) atoms. The van der Waals surface area contributed by atoms with E-state index in [4.69, 9.17) is 11.6 Å². The van der Waals surface area contributed by atoms with Crippen molar-refractivity contribution in [3.8, 4) is 0 Å². The Morgan fingerprint density at radius 1 is 1.38 bits per heavy atom. The molecule has 8 heteroatoms. The normalized spacial score (nSPS) is 14.0. The zero-order valence-corrected chi connectivity index (χ0v) is 14.4. The number of carbonyl (C=O) groups is 1. The summed E-state index contributed by atoms with van der Waals surface area (Å²) in [6.45, 7) is 2.61. The minimum Gasteiger partial charge on any atom is -0.333 e. The summed E-state index contributed by atoms with van der Waals surface area (Å²) in [7, 11) is 0. The molecule has 122 valence electrons. The number of nitrogens with zero attached hydrogens (tertiary/aromatic N) is 4. The molecular formula is C16H13ClN4O2S. The van der Waals surface area contributed by atoms with Gasteiger partial charge in [-0.15, -0.1) is 11.3 Å². The molecule has 0 unspecified atom stereocenters. The van der Waals surface area contributed by atoms with Crippen molar-refractivity contribution in [2.24, 2.45) is 0 Å². The lowest BCUT2D eigenvalue weighted by molar-refractivity contribution is 0.0736. The van der Waals surface area contributed by atoms with E-state index in [1.807, 2.05) is 6.92 Å². The number of rotatable bonds is 1. The predicted molar refractivity (Wildman–Crippen MR) is 91.8 cm³/mol. The van der Waals surface area contributed by atoms with Crippen LogP contribution in [0, 0.1) is 6.92 Å². The fourth-order valence-corrected chi connectivity index (χ4v) is 3.83. The molecule has 3 aromatic heterocycles. The molecule has 1 aliphatic heterocycles. The van der Waals surface area contributed by atoms with Gasteiger partial charge in [-0.05, 0) is 19.1 Å². The number of carbonyl (C=O) groups excluding carboxylic acids is 1. The minimum absolute atomic E-state index is 0.0868. The van der Waals surface area contributed by atoms with Gasteiger partial charge in [0.2, 0.25) is 0 Å². The van der Waals surface area contributed by atoms with Gasteiger partial charge in [0.05, 0.1) is 34.0 Å². The topological polar surface area (TPSA) is 67.6 Å². The third-order valence-corrected chi connectivity index (χ3v) is 5.30. The molecule has 4 heterocycles. The highest BCUT2D eigenvalue weighted by Crippen LogP contribution is 2.21. The number of hydrogen-bond donors (Lipinski definition) is 0. The van der Waals surface area contributed by atoms with Crippen molar-refractivity contribution in [1.82, 2.24) is 19.3 Å². The maximum atomic E-state index is 12.8. The Labute approximate surface area is 146 Å². The largest absolute Gasteiger partial charge is 0.333 e. The van der Waals surface area contributed by atoms with Gasteiger partial charge in [0.1, 0.15) is 10.5 Å². The molecule has 3 aromatic rings. The number of hydrogen-bond acceptors (Lipinski definition) is 5. The quantitative estimate of drug-likeness (QED) is 0.668. The number of pyridine rings is 1. The monoisotopic (exact) mass is 360 g/mol. The molecule has 4 rings (SSSR count). The Morgan fingerprint density at radius 2 is 2.21 bits per heavy atom. The molecule has 0 N–H and O–H groups in total. The summed E-state index contributed by atoms with van der Waals surface area (Å²) in [5, 5.41) is 0.468. The molecule has 0 radical (unpaired) electrons. The van der Waals surface area contributed by atoms with E-state index in [9.17, 15) is 9.59 Å². The molecule has 0 atom stereocenters. The van der Waals surface area contributed by atoms with Crippen LogP contribution < -0.4 is 5.56 Å². The van der Waals surface area contributed by atoms with Crippen molar-refractivity contribution in [2.45, 2.75) is 19.9 Å². The van der Waals surface area contributed by atoms with Crippen LogP contribution in [0.15, 0.2) is 28.6 Å². The molecule has 1 amide bonds. The molecule has 6 nitrogen and oxygen atoms in total. The van der Waals surface area contributed by atoms with Crippen molar-refractivity contribution in [3.63, 3.8) is 0 Å². The summed E-state index contributed by atoms with van der Waals surface area (Å²) in [6.07, 6.45) is 2.12. The van der Waals surface area contributed by atoms with Crippen LogP contribution in [0.5, 0.6) is 0 Å². The van der Waals surface area contributed by atoms with E-state index in [1.165, 1.54) is 15.7 Å². The van der Waals surface area contributed by atoms with Crippen LogP contribution in [0.1, 0.15) is 26.6 Å². The summed E-state index contributed by atoms with van der Waals surface area (Å²) in [5.41, 5.74) is 4.09. The summed E-state index contributed by atoms with van der Waals surface area (Å²) >= 11 is 7.30.